The van der Waals surface area contributed by atoms with Crippen LogP contribution < -0.4 is 10.6 Å². The van der Waals surface area contributed by atoms with Crippen molar-refractivity contribution in [2.24, 2.45) is 5.73 Å². The van der Waals surface area contributed by atoms with Crippen molar-refractivity contribution in [3.63, 3.8) is 0 Å². The number of anilines is 1. The van der Waals surface area contributed by atoms with E-state index in [1.165, 1.54) is 0 Å². The van der Waals surface area contributed by atoms with Gasteiger partial charge in [0.2, 0.25) is 0 Å². The Morgan fingerprint density at radius 1 is 1.47 bits per heavy atom. The van der Waals surface area contributed by atoms with Crippen molar-refractivity contribution in [2.75, 3.05) is 11.4 Å². The van der Waals surface area contributed by atoms with Crippen LogP contribution in [-0.4, -0.2) is 18.1 Å². The molecule has 1 unspecified atom stereocenters. The molecule has 0 aliphatic carbocycles. The van der Waals surface area contributed by atoms with E-state index in [0.717, 1.165) is 25.1 Å². The smallest absolute Gasteiger partial charge is 0.0992 e. The summed E-state index contributed by atoms with van der Waals surface area (Å²) in [6.07, 6.45) is 2.16. The summed E-state index contributed by atoms with van der Waals surface area (Å²) in [6.45, 7) is 5.33. The van der Waals surface area contributed by atoms with Gasteiger partial charge in [-0.05, 0) is 44.9 Å². The molecular formula is C14H19N3. The van der Waals surface area contributed by atoms with E-state index in [9.17, 15) is 0 Å². The van der Waals surface area contributed by atoms with Gasteiger partial charge in [-0.15, -0.1) is 0 Å². The molecule has 1 saturated heterocycles. The lowest BCUT2D eigenvalue weighted by atomic mass is 9.87. The second-order valence-electron chi connectivity index (χ2n) is 5.38. The summed E-state index contributed by atoms with van der Waals surface area (Å²) in [4.78, 5) is 2.32. The van der Waals surface area contributed by atoms with Crippen LogP contribution in [0.5, 0.6) is 0 Å². The predicted octanol–water partition coefficient (Wildman–Crippen LogP) is 2.26. The average molecular weight is 229 g/mol. The zero-order chi connectivity index (χ0) is 12.5. The third kappa shape index (κ3) is 2.42. The largest absolute Gasteiger partial charge is 0.365 e. The highest BCUT2D eigenvalue weighted by atomic mass is 15.2. The zero-order valence-corrected chi connectivity index (χ0v) is 10.5. The lowest BCUT2D eigenvalue weighted by molar-refractivity contribution is 0.335. The molecule has 1 aliphatic rings. The van der Waals surface area contributed by atoms with E-state index >= 15 is 0 Å². The molecule has 0 radical (unpaired) electrons. The maximum absolute atomic E-state index is 8.95. The number of benzene rings is 1. The number of hydrogen-bond acceptors (Lipinski definition) is 3. The highest BCUT2D eigenvalue weighted by Crippen LogP contribution is 2.32. The van der Waals surface area contributed by atoms with Crippen LogP contribution in [0.1, 0.15) is 32.3 Å². The summed E-state index contributed by atoms with van der Waals surface area (Å²) < 4.78 is 0. The Hall–Kier alpha value is -1.53. The molecule has 0 aromatic heterocycles. The molecule has 1 atom stereocenters. The lowest BCUT2D eigenvalue weighted by Crippen LogP contribution is -2.54. The van der Waals surface area contributed by atoms with E-state index in [2.05, 4.69) is 30.9 Å². The molecule has 17 heavy (non-hydrogen) atoms. The molecule has 2 rings (SSSR count). The summed E-state index contributed by atoms with van der Waals surface area (Å²) in [5.41, 5.74) is 7.97. The highest BCUT2D eigenvalue weighted by molar-refractivity contribution is 5.53. The first-order valence-corrected chi connectivity index (χ1v) is 6.06. The van der Waals surface area contributed by atoms with Crippen molar-refractivity contribution >= 4 is 5.69 Å². The molecule has 1 aromatic carbocycles. The summed E-state index contributed by atoms with van der Waals surface area (Å²) in [5.74, 6) is 0. The number of piperidine rings is 1. The first-order valence-electron chi connectivity index (χ1n) is 6.06. The van der Waals surface area contributed by atoms with Crippen LogP contribution in [-0.2, 0) is 0 Å². The molecular weight excluding hydrogens is 210 g/mol. The number of rotatable bonds is 1. The lowest BCUT2D eigenvalue weighted by Gasteiger charge is -2.46. The molecule has 3 heteroatoms. The fourth-order valence-electron chi connectivity index (χ4n) is 2.44. The Morgan fingerprint density at radius 3 is 2.94 bits per heavy atom. The average Bonchev–Trinajstić information content (AvgIpc) is 2.32. The Balaban J connectivity index is 2.33. The molecule has 90 valence electrons. The van der Waals surface area contributed by atoms with Crippen molar-refractivity contribution in [3.05, 3.63) is 29.8 Å². The standard InChI is InChI=1S/C14H19N3/c1-14(2)7-6-12(16)10-17(14)13-5-3-4-11(8-13)9-15/h3-5,8,12H,6-7,10,16H2,1-2H3. The van der Waals surface area contributed by atoms with Crippen LogP contribution in [0.3, 0.4) is 0 Å². The molecule has 1 aromatic rings. The van der Waals surface area contributed by atoms with Crippen molar-refractivity contribution < 1.29 is 0 Å². The number of nitriles is 1. The molecule has 3 nitrogen and oxygen atoms in total. The molecule has 2 N–H and O–H groups in total. The Kier molecular flexibility index (Phi) is 3.08. The van der Waals surface area contributed by atoms with Crippen molar-refractivity contribution in [3.8, 4) is 6.07 Å². The third-order valence-electron chi connectivity index (χ3n) is 3.56. The summed E-state index contributed by atoms with van der Waals surface area (Å²) >= 11 is 0. The Bertz CT molecular complexity index is 445. The van der Waals surface area contributed by atoms with Crippen LogP contribution >= 0.6 is 0 Å². The number of nitrogens with zero attached hydrogens (tertiary/aromatic N) is 2. The minimum atomic E-state index is 0.115. The summed E-state index contributed by atoms with van der Waals surface area (Å²) in [7, 11) is 0. The SMILES string of the molecule is CC1(C)CCC(N)CN1c1cccc(C#N)c1. The number of nitrogens with two attached hydrogens (primary N) is 1. The van der Waals surface area contributed by atoms with Crippen LogP contribution in [0.2, 0.25) is 0 Å². The van der Waals surface area contributed by atoms with Gasteiger partial charge in [0.15, 0.2) is 0 Å². The Labute approximate surface area is 103 Å². The first kappa shape index (κ1) is 11.9. The predicted molar refractivity (Wildman–Crippen MR) is 69.8 cm³/mol. The maximum atomic E-state index is 8.95. The molecule has 0 saturated carbocycles. The zero-order valence-electron chi connectivity index (χ0n) is 10.5. The van der Waals surface area contributed by atoms with Crippen LogP contribution in [0, 0.1) is 11.3 Å². The fraction of sp³-hybridized carbons (Fsp3) is 0.500. The normalized spacial score (nSPS) is 23.2. The number of hydrogen-bond donors (Lipinski definition) is 1. The van der Waals surface area contributed by atoms with Gasteiger partial charge in [-0.1, -0.05) is 6.07 Å². The van der Waals surface area contributed by atoms with Gasteiger partial charge in [0.1, 0.15) is 0 Å². The molecule has 1 fully saturated rings. The van der Waals surface area contributed by atoms with Gasteiger partial charge in [-0.3, -0.25) is 0 Å². The van der Waals surface area contributed by atoms with E-state index in [0.29, 0.717) is 5.56 Å². The molecule has 0 spiro atoms. The van der Waals surface area contributed by atoms with E-state index in [4.69, 9.17) is 11.0 Å². The summed E-state index contributed by atoms with van der Waals surface area (Å²) in [5, 5.41) is 8.95. The van der Waals surface area contributed by atoms with Crippen LogP contribution in [0.15, 0.2) is 24.3 Å². The Morgan fingerprint density at radius 2 is 2.24 bits per heavy atom. The quantitative estimate of drug-likeness (QED) is 0.803. The van der Waals surface area contributed by atoms with Crippen molar-refractivity contribution in [1.82, 2.24) is 0 Å². The molecule has 0 amide bonds. The fourth-order valence-corrected chi connectivity index (χ4v) is 2.44. The second-order valence-corrected chi connectivity index (χ2v) is 5.38. The van der Waals surface area contributed by atoms with Crippen molar-refractivity contribution in [2.45, 2.75) is 38.3 Å². The minimum absolute atomic E-state index is 0.115. The van der Waals surface area contributed by atoms with Gasteiger partial charge >= 0.3 is 0 Å². The summed E-state index contributed by atoms with van der Waals surface area (Å²) in [6, 6.07) is 10.2. The van der Waals surface area contributed by atoms with Crippen LogP contribution in [0.4, 0.5) is 5.69 Å². The molecule has 1 heterocycles. The van der Waals surface area contributed by atoms with Gasteiger partial charge in [0.05, 0.1) is 11.6 Å². The van der Waals surface area contributed by atoms with E-state index in [1.807, 2.05) is 18.2 Å². The third-order valence-corrected chi connectivity index (χ3v) is 3.56. The maximum Gasteiger partial charge on any atom is 0.0992 e. The van der Waals surface area contributed by atoms with E-state index < -0.39 is 0 Å². The molecule has 1 aliphatic heterocycles. The van der Waals surface area contributed by atoms with E-state index in [1.54, 1.807) is 0 Å². The monoisotopic (exact) mass is 229 g/mol. The minimum Gasteiger partial charge on any atom is -0.365 e. The van der Waals surface area contributed by atoms with E-state index in [-0.39, 0.29) is 11.6 Å². The van der Waals surface area contributed by atoms with Gasteiger partial charge in [0, 0.05) is 23.8 Å². The van der Waals surface area contributed by atoms with Gasteiger partial charge in [0.25, 0.3) is 0 Å². The highest BCUT2D eigenvalue weighted by Gasteiger charge is 2.32. The molecule has 0 bridgehead atoms. The van der Waals surface area contributed by atoms with Crippen LogP contribution in [0.25, 0.3) is 0 Å². The topological polar surface area (TPSA) is 53.0 Å². The van der Waals surface area contributed by atoms with Gasteiger partial charge < -0.3 is 10.6 Å². The second kappa shape index (κ2) is 4.38. The first-order chi connectivity index (χ1) is 8.03. The van der Waals surface area contributed by atoms with Gasteiger partial charge in [-0.25, -0.2) is 0 Å². The van der Waals surface area contributed by atoms with Crippen molar-refractivity contribution in [1.29, 1.82) is 5.26 Å². The van der Waals surface area contributed by atoms with Gasteiger partial charge in [-0.2, -0.15) is 5.26 Å².